The average Bonchev–Trinajstić information content (AvgIpc) is 2.49. The fraction of sp³-hybridized carbons (Fsp3) is 0.278. The fourth-order valence-electron chi connectivity index (χ4n) is 2.37. The number of carbonyl (C=O) groups excluding carboxylic acids is 1. The van der Waals surface area contributed by atoms with Gasteiger partial charge in [0, 0.05) is 5.56 Å². The van der Waals surface area contributed by atoms with E-state index in [1.54, 1.807) is 27.0 Å². The summed E-state index contributed by atoms with van der Waals surface area (Å²) in [4.78, 5) is 12.3. The van der Waals surface area contributed by atoms with Crippen LogP contribution in [0.3, 0.4) is 0 Å². The summed E-state index contributed by atoms with van der Waals surface area (Å²) >= 11 is 0. The summed E-state index contributed by atoms with van der Waals surface area (Å²) in [5.41, 5.74) is 0.423. The Morgan fingerprint density at radius 2 is 1.83 bits per heavy atom. The highest BCUT2D eigenvalue weighted by molar-refractivity contribution is 5.80. The van der Waals surface area contributed by atoms with Crippen molar-refractivity contribution >= 4 is 5.91 Å². The molecule has 0 unspecified atom stereocenters. The highest BCUT2D eigenvalue weighted by Crippen LogP contribution is 2.23. The number of halogens is 2. The maximum Gasteiger partial charge on any atom is 0.225 e. The number of rotatable bonds is 5. The zero-order valence-electron chi connectivity index (χ0n) is 13.3. The lowest BCUT2D eigenvalue weighted by Gasteiger charge is -2.27. The van der Waals surface area contributed by atoms with Gasteiger partial charge >= 0.3 is 0 Å². The molecular weight excluding hydrogens is 300 g/mol. The molecule has 0 heterocycles. The zero-order valence-corrected chi connectivity index (χ0v) is 13.3. The molecule has 3 nitrogen and oxygen atoms in total. The highest BCUT2D eigenvalue weighted by Gasteiger charge is 2.24. The van der Waals surface area contributed by atoms with Crippen molar-refractivity contribution in [1.82, 2.24) is 5.32 Å². The normalized spacial score (nSPS) is 11.2. The Morgan fingerprint density at radius 3 is 2.48 bits per heavy atom. The molecule has 0 saturated heterocycles. The van der Waals surface area contributed by atoms with Crippen LogP contribution in [0.4, 0.5) is 8.78 Å². The average molecular weight is 319 g/mol. The van der Waals surface area contributed by atoms with Crippen molar-refractivity contribution in [3.63, 3.8) is 0 Å². The van der Waals surface area contributed by atoms with Crippen LogP contribution in [-0.4, -0.2) is 13.0 Å². The molecule has 1 amide bonds. The van der Waals surface area contributed by atoms with E-state index in [2.05, 4.69) is 5.32 Å². The molecule has 2 aromatic carbocycles. The first-order chi connectivity index (χ1) is 10.8. The Kier molecular flexibility index (Phi) is 4.98. The number of amides is 1. The number of para-hydroxylation sites is 1. The van der Waals surface area contributed by atoms with Gasteiger partial charge in [-0.2, -0.15) is 0 Å². The Bertz CT molecular complexity index is 714. The number of methoxy groups -OCH3 is 1. The van der Waals surface area contributed by atoms with Crippen LogP contribution in [0.5, 0.6) is 5.75 Å². The first kappa shape index (κ1) is 16.9. The molecule has 0 aliphatic carbocycles. The number of benzene rings is 2. The Morgan fingerprint density at radius 1 is 1.13 bits per heavy atom. The van der Waals surface area contributed by atoms with Crippen molar-refractivity contribution in [3.8, 4) is 5.75 Å². The van der Waals surface area contributed by atoms with Gasteiger partial charge in [0.15, 0.2) is 11.6 Å². The molecule has 0 saturated carbocycles. The molecule has 0 aliphatic heterocycles. The van der Waals surface area contributed by atoms with E-state index in [9.17, 15) is 13.6 Å². The fourth-order valence-corrected chi connectivity index (χ4v) is 2.37. The van der Waals surface area contributed by atoms with Crippen molar-refractivity contribution in [2.24, 2.45) is 0 Å². The molecule has 0 spiro atoms. The zero-order chi connectivity index (χ0) is 17.0. The Labute approximate surface area is 134 Å². The summed E-state index contributed by atoms with van der Waals surface area (Å²) in [6.45, 7) is 3.47. The van der Waals surface area contributed by atoms with Gasteiger partial charge in [-0.05, 0) is 37.6 Å². The lowest BCUT2D eigenvalue weighted by Crippen LogP contribution is -2.41. The van der Waals surface area contributed by atoms with Crippen LogP contribution in [0.2, 0.25) is 0 Å². The standard InChI is InChI=1S/C18H19F2NO2/c1-18(2,13-8-9-14(19)15(20)11-13)21-17(22)10-12-6-4-5-7-16(12)23-3/h4-9,11H,10H2,1-3H3,(H,21,22). The quantitative estimate of drug-likeness (QED) is 0.915. The van der Waals surface area contributed by atoms with E-state index in [4.69, 9.17) is 4.74 Å². The van der Waals surface area contributed by atoms with Crippen LogP contribution in [0.25, 0.3) is 0 Å². The van der Waals surface area contributed by atoms with Gasteiger partial charge in [-0.3, -0.25) is 4.79 Å². The third kappa shape index (κ3) is 4.06. The minimum Gasteiger partial charge on any atom is -0.496 e. The predicted molar refractivity (Wildman–Crippen MR) is 84.2 cm³/mol. The van der Waals surface area contributed by atoms with Gasteiger partial charge in [0.2, 0.25) is 5.91 Å². The van der Waals surface area contributed by atoms with E-state index in [0.717, 1.165) is 17.7 Å². The van der Waals surface area contributed by atoms with Gasteiger partial charge in [0.1, 0.15) is 5.75 Å². The number of nitrogens with one attached hydrogen (secondary N) is 1. The van der Waals surface area contributed by atoms with Crippen LogP contribution >= 0.6 is 0 Å². The van der Waals surface area contributed by atoms with E-state index in [-0.39, 0.29) is 12.3 Å². The van der Waals surface area contributed by atoms with Crippen LogP contribution in [0.15, 0.2) is 42.5 Å². The van der Waals surface area contributed by atoms with E-state index >= 15 is 0 Å². The predicted octanol–water partition coefficient (Wildman–Crippen LogP) is 3.57. The van der Waals surface area contributed by atoms with Gasteiger partial charge < -0.3 is 10.1 Å². The Hall–Kier alpha value is -2.43. The molecule has 2 rings (SSSR count). The minimum absolute atomic E-state index is 0.136. The Balaban J connectivity index is 2.13. The minimum atomic E-state index is -0.936. The van der Waals surface area contributed by atoms with E-state index in [1.807, 2.05) is 18.2 Å². The second kappa shape index (κ2) is 6.77. The number of ether oxygens (including phenoxy) is 1. The smallest absolute Gasteiger partial charge is 0.225 e. The van der Waals surface area contributed by atoms with Crippen LogP contribution in [-0.2, 0) is 16.8 Å². The molecule has 122 valence electrons. The SMILES string of the molecule is COc1ccccc1CC(=O)NC(C)(C)c1ccc(F)c(F)c1. The summed E-state index contributed by atoms with van der Waals surface area (Å²) in [7, 11) is 1.54. The van der Waals surface area contributed by atoms with E-state index in [0.29, 0.717) is 11.3 Å². The third-order valence-electron chi connectivity index (χ3n) is 3.64. The van der Waals surface area contributed by atoms with Gasteiger partial charge in [-0.15, -0.1) is 0 Å². The van der Waals surface area contributed by atoms with Crippen molar-refractivity contribution in [1.29, 1.82) is 0 Å². The van der Waals surface area contributed by atoms with Gasteiger partial charge in [-0.1, -0.05) is 24.3 Å². The molecule has 0 fully saturated rings. The molecule has 2 aromatic rings. The second-order valence-corrected chi connectivity index (χ2v) is 5.79. The van der Waals surface area contributed by atoms with Crippen LogP contribution in [0.1, 0.15) is 25.0 Å². The molecule has 0 bridgehead atoms. The van der Waals surface area contributed by atoms with Gasteiger partial charge in [-0.25, -0.2) is 8.78 Å². The summed E-state index contributed by atoms with van der Waals surface area (Å²) < 4.78 is 31.7. The lowest BCUT2D eigenvalue weighted by molar-refractivity contribution is -0.122. The maximum atomic E-state index is 13.4. The lowest BCUT2D eigenvalue weighted by atomic mass is 9.93. The maximum absolute atomic E-state index is 13.4. The largest absolute Gasteiger partial charge is 0.496 e. The number of carbonyl (C=O) groups is 1. The van der Waals surface area contributed by atoms with Crippen molar-refractivity contribution < 1.29 is 18.3 Å². The number of hydrogen-bond donors (Lipinski definition) is 1. The second-order valence-electron chi connectivity index (χ2n) is 5.79. The van der Waals surface area contributed by atoms with E-state index in [1.165, 1.54) is 6.07 Å². The molecule has 0 radical (unpaired) electrons. The van der Waals surface area contributed by atoms with Crippen LogP contribution < -0.4 is 10.1 Å². The molecule has 0 aromatic heterocycles. The van der Waals surface area contributed by atoms with Crippen LogP contribution in [0, 0.1) is 11.6 Å². The summed E-state index contributed by atoms with van der Waals surface area (Å²) in [6.07, 6.45) is 0.136. The van der Waals surface area contributed by atoms with Crippen molar-refractivity contribution in [2.45, 2.75) is 25.8 Å². The first-order valence-electron chi connectivity index (χ1n) is 7.22. The van der Waals surface area contributed by atoms with Crippen molar-refractivity contribution in [3.05, 3.63) is 65.2 Å². The van der Waals surface area contributed by atoms with Gasteiger partial charge in [0.25, 0.3) is 0 Å². The summed E-state index contributed by atoms with van der Waals surface area (Å²) in [5, 5.41) is 2.84. The molecule has 23 heavy (non-hydrogen) atoms. The molecule has 1 N–H and O–H groups in total. The van der Waals surface area contributed by atoms with Crippen molar-refractivity contribution in [2.75, 3.05) is 7.11 Å². The number of hydrogen-bond acceptors (Lipinski definition) is 2. The molecule has 0 aliphatic rings. The molecule has 0 atom stereocenters. The van der Waals surface area contributed by atoms with E-state index < -0.39 is 17.2 Å². The topological polar surface area (TPSA) is 38.3 Å². The first-order valence-corrected chi connectivity index (χ1v) is 7.22. The summed E-state index contributed by atoms with van der Waals surface area (Å²) in [5.74, 6) is -1.45. The monoisotopic (exact) mass is 319 g/mol. The molecular formula is C18H19F2NO2. The molecule has 5 heteroatoms. The van der Waals surface area contributed by atoms with Gasteiger partial charge in [0.05, 0.1) is 19.1 Å². The highest BCUT2D eigenvalue weighted by atomic mass is 19.2. The summed E-state index contributed by atoms with van der Waals surface area (Å²) in [6, 6.07) is 10.8. The third-order valence-corrected chi connectivity index (χ3v) is 3.64.